The summed E-state index contributed by atoms with van der Waals surface area (Å²) < 4.78 is 14.0. The van der Waals surface area contributed by atoms with Crippen molar-refractivity contribution < 1.29 is 9.18 Å². The molecule has 1 aliphatic carbocycles. The third-order valence-corrected chi connectivity index (χ3v) is 4.67. The minimum atomic E-state index is -0.513. The molecule has 1 fully saturated rings. The smallest absolute Gasteiger partial charge is 0.235 e. The Bertz CT molecular complexity index is 647. The first-order chi connectivity index (χ1) is 10.1. The van der Waals surface area contributed by atoms with Crippen molar-refractivity contribution in [2.75, 3.05) is 5.32 Å². The first kappa shape index (κ1) is 14.3. The highest BCUT2D eigenvalue weighted by Gasteiger charge is 2.45. The van der Waals surface area contributed by atoms with Crippen LogP contribution >= 0.6 is 15.9 Å². The van der Waals surface area contributed by atoms with Gasteiger partial charge in [0.05, 0.1) is 5.41 Å². The maximum atomic E-state index is 13.1. The largest absolute Gasteiger partial charge is 0.325 e. The van der Waals surface area contributed by atoms with E-state index in [0.717, 1.165) is 35.0 Å². The van der Waals surface area contributed by atoms with Crippen LogP contribution in [0.25, 0.3) is 0 Å². The molecule has 0 radical (unpaired) electrons. The zero-order valence-corrected chi connectivity index (χ0v) is 13.0. The lowest BCUT2D eigenvalue weighted by atomic mass is 9.64. The quantitative estimate of drug-likeness (QED) is 0.860. The number of carbonyl (C=O) groups is 1. The summed E-state index contributed by atoms with van der Waals surface area (Å²) in [6.07, 6.45) is 2.63. The Morgan fingerprint density at radius 2 is 1.67 bits per heavy atom. The second-order valence-corrected chi connectivity index (χ2v) is 6.32. The summed E-state index contributed by atoms with van der Waals surface area (Å²) in [5.41, 5.74) is 1.15. The van der Waals surface area contributed by atoms with Crippen LogP contribution in [-0.2, 0) is 10.2 Å². The number of amides is 1. The van der Waals surface area contributed by atoms with E-state index in [1.807, 2.05) is 24.3 Å². The lowest BCUT2D eigenvalue weighted by Gasteiger charge is -2.40. The van der Waals surface area contributed by atoms with Crippen LogP contribution in [0.3, 0.4) is 0 Å². The molecule has 108 valence electrons. The number of benzene rings is 2. The van der Waals surface area contributed by atoms with Gasteiger partial charge in [-0.25, -0.2) is 4.39 Å². The van der Waals surface area contributed by atoms with Crippen molar-refractivity contribution in [2.24, 2.45) is 0 Å². The summed E-state index contributed by atoms with van der Waals surface area (Å²) in [6.45, 7) is 0. The monoisotopic (exact) mass is 347 g/mol. The zero-order chi connectivity index (χ0) is 14.9. The third kappa shape index (κ3) is 2.72. The second-order valence-electron chi connectivity index (χ2n) is 5.40. The molecule has 0 spiro atoms. The maximum absolute atomic E-state index is 13.1. The van der Waals surface area contributed by atoms with Crippen LogP contribution in [-0.4, -0.2) is 5.91 Å². The molecule has 21 heavy (non-hydrogen) atoms. The Labute approximate surface area is 131 Å². The van der Waals surface area contributed by atoms with E-state index in [4.69, 9.17) is 0 Å². The molecule has 0 aliphatic heterocycles. The SMILES string of the molecule is O=C(Nc1ccc(Br)cc1)C1(c2ccc(F)cc2)CCC1. The van der Waals surface area contributed by atoms with Crippen LogP contribution in [0.4, 0.5) is 10.1 Å². The topological polar surface area (TPSA) is 29.1 Å². The predicted octanol–water partition coefficient (Wildman–Crippen LogP) is 4.65. The summed E-state index contributed by atoms with van der Waals surface area (Å²) in [4.78, 5) is 12.7. The van der Waals surface area contributed by atoms with Crippen LogP contribution in [0.15, 0.2) is 53.0 Å². The molecule has 2 aromatic rings. The van der Waals surface area contributed by atoms with Crippen molar-refractivity contribution in [3.05, 3.63) is 64.4 Å². The Balaban J connectivity index is 1.83. The second kappa shape index (κ2) is 5.60. The van der Waals surface area contributed by atoms with Crippen LogP contribution in [0, 0.1) is 5.82 Å². The molecule has 0 heterocycles. The number of carbonyl (C=O) groups excluding carboxylic acids is 1. The van der Waals surface area contributed by atoms with Crippen molar-refractivity contribution in [1.29, 1.82) is 0 Å². The molecule has 0 unspecified atom stereocenters. The molecule has 2 aromatic carbocycles. The standard InChI is InChI=1S/C17H15BrFNO/c18-13-4-8-15(9-5-13)20-16(21)17(10-1-11-17)12-2-6-14(19)7-3-12/h2-9H,1,10-11H2,(H,20,21). The molecular formula is C17H15BrFNO. The van der Waals surface area contributed by atoms with E-state index in [2.05, 4.69) is 21.2 Å². The normalized spacial score (nSPS) is 16.1. The highest BCUT2D eigenvalue weighted by Crippen LogP contribution is 2.44. The minimum Gasteiger partial charge on any atom is -0.325 e. The van der Waals surface area contributed by atoms with Gasteiger partial charge in [-0.05, 0) is 54.8 Å². The Morgan fingerprint density at radius 3 is 2.19 bits per heavy atom. The van der Waals surface area contributed by atoms with Gasteiger partial charge in [-0.15, -0.1) is 0 Å². The fourth-order valence-corrected chi connectivity index (χ4v) is 2.99. The molecular weight excluding hydrogens is 333 g/mol. The molecule has 0 bridgehead atoms. The summed E-state index contributed by atoms with van der Waals surface area (Å²) >= 11 is 3.37. The fourth-order valence-electron chi connectivity index (χ4n) is 2.73. The van der Waals surface area contributed by atoms with Gasteiger partial charge in [-0.1, -0.05) is 34.5 Å². The van der Waals surface area contributed by atoms with Gasteiger partial charge < -0.3 is 5.32 Å². The molecule has 3 rings (SSSR count). The molecule has 0 aromatic heterocycles. The number of nitrogens with one attached hydrogen (secondary N) is 1. The first-order valence-corrected chi connectivity index (χ1v) is 7.72. The minimum absolute atomic E-state index is 0.0114. The molecule has 1 N–H and O–H groups in total. The lowest BCUT2D eigenvalue weighted by molar-refractivity contribution is -0.124. The molecule has 1 amide bonds. The fraction of sp³-hybridized carbons (Fsp3) is 0.235. The predicted molar refractivity (Wildman–Crippen MR) is 84.7 cm³/mol. The van der Waals surface area contributed by atoms with Crippen molar-refractivity contribution in [3.8, 4) is 0 Å². The van der Waals surface area contributed by atoms with Gasteiger partial charge >= 0.3 is 0 Å². The van der Waals surface area contributed by atoms with E-state index in [-0.39, 0.29) is 11.7 Å². The molecule has 0 saturated heterocycles. The summed E-state index contributed by atoms with van der Waals surface area (Å²) in [6, 6.07) is 13.8. The average Bonchev–Trinajstić information content (AvgIpc) is 2.42. The summed E-state index contributed by atoms with van der Waals surface area (Å²) in [7, 11) is 0. The van der Waals surface area contributed by atoms with Crippen molar-refractivity contribution >= 4 is 27.5 Å². The van der Waals surface area contributed by atoms with Crippen molar-refractivity contribution in [3.63, 3.8) is 0 Å². The van der Waals surface area contributed by atoms with Gasteiger partial charge in [0.1, 0.15) is 5.82 Å². The summed E-state index contributed by atoms with van der Waals surface area (Å²) in [5.74, 6) is -0.288. The van der Waals surface area contributed by atoms with Crippen LogP contribution in [0.1, 0.15) is 24.8 Å². The molecule has 2 nitrogen and oxygen atoms in total. The van der Waals surface area contributed by atoms with E-state index in [9.17, 15) is 9.18 Å². The van der Waals surface area contributed by atoms with Gasteiger partial charge in [0.15, 0.2) is 0 Å². The highest BCUT2D eigenvalue weighted by atomic mass is 79.9. The highest BCUT2D eigenvalue weighted by molar-refractivity contribution is 9.10. The molecule has 4 heteroatoms. The van der Waals surface area contributed by atoms with E-state index in [1.165, 1.54) is 12.1 Å². The van der Waals surface area contributed by atoms with Gasteiger partial charge in [-0.3, -0.25) is 4.79 Å². The van der Waals surface area contributed by atoms with Crippen LogP contribution < -0.4 is 5.32 Å². The van der Waals surface area contributed by atoms with Crippen LogP contribution in [0.5, 0.6) is 0 Å². The van der Waals surface area contributed by atoms with Crippen molar-refractivity contribution in [2.45, 2.75) is 24.7 Å². The van der Waals surface area contributed by atoms with Gasteiger partial charge in [0, 0.05) is 10.2 Å². The molecule has 0 atom stereocenters. The average molecular weight is 348 g/mol. The Morgan fingerprint density at radius 1 is 1.05 bits per heavy atom. The van der Waals surface area contributed by atoms with Gasteiger partial charge in [0.2, 0.25) is 5.91 Å². The van der Waals surface area contributed by atoms with Crippen LogP contribution in [0.2, 0.25) is 0 Å². The molecule has 1 aliphatic rings. The van der Waals surface area contributed by atoms with Crippen molar-refractivity contribution in [1.82, 2.24) is 0 Å². The molecule has 1 saturated carbocycles. The van der Waals surface area contributed by atoms with Gasteiger partial charge in [0.25, 0.3) is 0 Å². The number of rotatable bonds is 3. The van der Waals surface area contributed by atoms with E-state index in [0.29, 0.717) is 0 Å². The van der Waals surface area contributed by atoms with Gasteiger partial charge in [-0.2, -0.15) is 0 Å². The zero-order valence-electron chi connectivity index (χ0n) is 11.4. The number of anilines is 1. The summed E-state index contributed by atoms with van der Waals surface area (Å²) in [5, 5.41) is 2.97. The maximum Gasteiger partial charge on any atom is 0.235 e. The Hall–Kier alpha value is -1.68. The van der Waals surface area contributed by atoms with E-state index < -0.39 is 5.41 Å². The Kier molecular flexibility index (Phi) is 3.81. The number of halogens is 2. The first-order valence-electron chi connectivity index (χ1n) is 6.93. The van der Waals surface area contributed by atoms with E-state index in [1.54, 1.807) is 12.1 Å². The lowest BCUT2D eigenvalue weighted by Crippen LogP contribution is -2.46. The number of hydrogen-bond acceptors (Lipinski definition) is 1. The number of hydrogen-bond donors (Lipinski definition) is 1. The van der Waals surface area contributed by atoms with E-state index >= 15 is 0 Å². The third-order valence-electron chi connectivity index (χ3n) is 4.14.